The number of hydrogen-bond acceptors (Lipinski definition) is 15. The van der Waals surface area contributed by atoms with E-state index in [0.717, 1.165) is 0 Å². The SMILES string of the molecule is CC(O)C(=O)Nc1c(I)c(C(=O)NC(C)(O)CO)c(I)c(C(=O)N(C)CCOCCOCCOCCN(C)C(=O)c2c(I)c(NC(=O)C(C)O)c(I)c(C(=O)NC(C)(O)CO)c2I)c1I. The number of ether oxygens (including phenoxy) is 3. The van der Waals surface area contributed by atoms with Crippen LogP contribution in [0.2, 0.25) is 0 Å². The van der Waals surface area contributed by atoms with Gasteiger partial charge in [-0.1, -0.05) is 0 Å². The second kappa shape index (κ2) is 27.6. The minimum absolute atomic E-state index is 0.0340. The molecule has 0 spiro atoms. The number of nitrogens with one attached hydrogen (secondary N) is 4. The average molecular weight is 1590 g/mol. The van der Waals surface area contributed by atoms with E-state index in [1.54, 1.807) is 0 Å². The van der Waals surface area contributed by atoms with E-state index in [2.05, 4.69) is 21.3 Å². The molecule has 0 saturated heterocycles. The molecule has 2 rings (SSSR count). The first-order chi connectivity index (χ1) is 30.2. The summed E-state index contributed by atoms with van der Waals surface area (Å²) >= 11 is 11.1. The van der Waals surface area contributed by atoms with Gasteiger partial charge in [0, 0.05) is 34.3 Å². The summed E-state index contributed by atoms with van der Waals surface area (Å²) in [5.41, 5.74) is -3.65. The molecule has 27 heteroatoms. The maximum atomic E-state index is 13.8. The largest absolute Gasteiger partial charge is 0.391 e. The summed E-state index contributed by atoms with van der Waals surface area (Å²) in [5, 5.41) is 69.0. The second-order valence-corrected chi connectivity index (χ2v) is 21.0. The summed E-state index contributed by atoms with van der Waals surface area (Å²) in [6.07, 6.45) is -2.80. The number of benzene rings is 2. The van der Waals surface area contributed by atoms with Crippen molar-refractivity contribution in [1.29, 1.82) is 0 Å². The Morgan fingerprint density at radius 3 is 1.09 bits per heavy atom. The Morgan fingerprint density at radius 2 is 0.815 bits per heavy atom. The number of carbonyl (C=O) groups excluding carboxylic acids is 6. The average Bonchev–Trinajstić information content (AvgIpc) is 3.21. The first-order valence-corrected chi connectivity index (χ1v) is 25.6. The van der Waals surface area contributed by atoms with E-state index in [0.29, 0.717) is 7.14 Å². The lowest BCUT2D eigenvalue weighted by Gasteiger charge is -2.26. The van der Waals surface area contributed by atoms with Crippen LogP contribution >= 0.6 is 136 Å². The van der Waals surface area contributed by atoms with Crippen LogP contribution in [0.5, 0.6) is 0 Å². The first kappa shape index (κ1) is 60.4. The van der Waals surface area contributed by atoms with Gasteiger partial charge in [-0.25, -0.2) is 0 Å². The van der Waals surface area contributed by atoms with Crippen molar-refractivity contribution in [2.24, 2.45) is 0 Å². The normalized spacial score (nSPS) is 14.1. The molecular weight excluding hydrogens is 1540 g/mol. The van der Waals surface area contributed by atoms with Gasteiger partial charge in [-0.05, 0) is 163 Å². The number of rotatable bonds is 24. The highest BCUT2D eigenvalue weighted by atomic mass is 127. The molecule has 0 saturated carbocycles. The summed E-state index contributed by atoms with van der Waals surface area (Å²) in [6.45, 7) is 4.52. The van der Waals surface area contributed by atoms with Gasteiger partial charge in [-0.3, -0.25) is 28.8 Å². The highest BCUT2D eigenvalue weighted by Crippen LogP contribution is 2.38. The zero-order valence-corrected chi connectivity index (χ0v) is 48.7. The molecule has 2 aromatic carbocycles. The molecule has 0 radical (unpaired) electrons. The highest BCUT2D eigenvalue weighted by molar-refractivity contribution is 14.1. The standard InChI is InChI=1S/C38H50I6N6O15/c1-17(53)31(55)45-29-25(41)19(33(57)47-37(3,61)15-51)23(39)21(27(29)43)35(59)49(5)7-9-63-11-13-65-14-12-64-10-8-50(6)36(60)22-24(40)20(34(58)48-38(4,62)16-52)26(42)30(28(22)44)46-32(56)18(2)54/h17-18,51-54,61-62H,7-16H2,1-6H3,(H,45,55)(H,46,56)(H,47,57)(H,48,58). The molecule has 2 aromatic rings. The number of halogens is 6. The molecule has 0 aromatic heterocycles. The summed E-state index contributed by atoms with van der Waals surface area (Å²) in [7, 11) is 3.06. The van der Waals surface area contributed by atoms with Crippen LogP contribution in [-0.4, -0.2) is 180 Å². The van der Waals surface area contributed by atoms with Gasteiger partial charge in [0.05, 0.1) is 101 Å². The van der Waals surface area contributed by atoms with E-state index in [9.17, 15) is 59.4 Å². The minimum Gasteiger partial charge on any atom is -0.391 e. The maximum Gasteiger partial charge on any atom is 0.255 e. The van der Waals surface area contributed by atoms with Crippen LogP contribution in [0.4, 0.5) is 11.4 Å². The third kappa shape index (κ3) is 17.3. The zero-order valence-electron chi connectivity index (χ0n) is 35.7. The molecule has 10 N–H and O–H groups in total. The first-order valence-electron chi connectivity index (χ1n) is 19.1. The van der Waals surface area contributed by atoms with Crippen LogP contribution in [0.3, 0.4) is 0 Å². The van der Waals surface area contributed by atoms with Crippen molar-refractivity contribution in [1.82, 2.24) is 20.4 Å². The molecule has 0 aliphatic rings. The Labute approximate surface area is 456 Å². The zero-order chi connectivity index (χ0) is 49.7. The lowest BCUT2D eigenvalue weighted by atomic mass is 10.1. The van der Waals surface area contributed by atoms with Gasteiger partial charge < -0.3 is 75.9 Å². The Morgan fingerprint density at radius 1 is 0.538 bits per heavy atom. The fourth-order valence-corrected chi connectivity index (χ4v) is 13.8. The molecule has 0 heterocycles. The summed E-state index contributed by atoms with van der Waals surface area (Å²) in [5.74, 6) is -4.19. The monoisotopic (exact) mass is 1590 g/mol. The van der Waals surface area contributed by atoms with Crippen molar-refractivity contribution < 1.29 is 73.6 Å². The fourth-order valence-electron chi connectivity index (χ4n) is 5.00. The van der Waals surface area contributed by atoms with Gasteiger partial charge in [0.1, 0.15) is 12.2 Å². The van der Waals surface area contributed by atoms with Crippen molar-refractivity contribution in [3.63, 3.8) is 0 Å². The molecule has 0 aliphatic carbocycles. The number of amides is 6. The van der Waals surface area contributed by atoms with Crippen molar-refractivity contribution in [2.75, 3.05) is 90.7 Å². The van der Waals surface area contributed by atoms with Crippen molar-refractivity contribution >= 4 is 182 Å². The Kier molecular flexibility index (Phi) is 25.7. The lowest BCUT2D eigenvalue weighted by molar-refractivity contribution is -0.123. The third-order valence-electron chi connectivity index (χ3n) is 8.73. The van der Waals surface area contributed by atoms with Crippen LogP contribution < -0.4 is 21.3 Å². The Bertz CT molecular complexity index is 1950. The molecule has 4 atom stereocenters. The van der Waals surface area contributed by atoms with Crippen LogP contribution in [0.15, 0.2) is 0 Å². The van der Waals surface area contributed by atoms with Crippen molar-refractivity contribution in [2.45, 2.75) is 51.4 Å². The minimum atomic E-state index is -1.98. The lowest BCUT2D eigenvalue weighted by Crippen LogP contribution is -2.49. The third-order valence-corrected chi connectivity index (χ3v) is 15.2. The van der Waals surface area contributed by atoms with E-state index < -0.39 is 72.3 Å². The number of carbonyl (C=O) groups is 6. The van der Waals surface area contributed by atoms with Gasteiger partial charge in [0.25, 0.3) is 35.4 Å². The van der Waals surface area contributed by atoms with Crippen molar-refractivity contribution in [3.8, 4) is 0 Å². The molecule has 364 valence electrons. The number of nitrogens with zero attached hydrogens (tertiary/aromatic N) is 2. The second-order valence-electron chi connectivity index (χ2n) is 14.5. The van der Waals surface area contributed by atoms with E-state index in [-0.39, 0.29) is 101 Å². The molecule has 0 bridgehead atoms. The topological polar surface area (TPSA) is 306 Å². The van der Waals surface area contributed by atoms with Gasteiger partial charge >= 0.3 is 0 Å². The van der Waals surface area contributed by atoms with Crippen molar-refractivity contribution in [3.05, 3.63) is 43.7 Å². The molecule has 6 amide bonds. The van der Waals surface area contributed by atoms with Crippen LogP contribution in [0, 0.1) is 21.4 Å². The number of hydrogen-bond donors (Lipinski definition) is 10. The molecule has 4 unspecified atom stereocenters. The summed E-state index contributed by atoms with van der Waals surface area (Å²) in [4.78, 5) is 82.0. The predicted octanol–water partition coefficient (Wildman–Crippen LogP) is 1.71. The summed E-state index contributed by atoms with van der Waals surface area (Å²) < 4.78 is 18.4. The molecular formula is C38H50I6N6O15. The van der Waals surface area contributed by atoms with Gasteiger partial charge in [0.2, 0.25) is 0 Å². The Balaban J connectivity index is 1.99. The predicted molar refractivity (Wildman–Crippen MR) is 287 cm³/mol. The number of aliphatic hydroxyl groups is 6. The molecule has 21 nitrogen and oxygen atoms in total. The van der Waals surface area contributed by atoms with Gasteiger partial charge in [0.15, 0.2) is 11.4 Å². The molecule has 0 fully saturated rings. The van der Waals surface area contributed by atoms with E-state index in [1.165, 1.54) is 51.6 Å². The van der Waals surface area contributed by atoms with Crippen LogP contribution in [0.25, 0.3) is 0 Å². The van der Waals surface area contributed by atoms with Gasteiger partial charge in [-0.2, -0.15) is 0 Å². The van der Waals surface area contributed by atoms with E-state index in [4.69, 9.17) is 14.2 Å². The smallest absolute Gasteiger partial charge is 0.255 e. The number of aliphatic hydroxyl groups excluding tert-OH is 4. The fraction of sp³-hybridized carbons (Fsp3) is 0.526. The van der Waals surface area contributed by atoms with Gasteiger partial charge in [-0.15, -0.1) is 0 Å². The van der Waals surface area contributed by atoms with Crippen LogP contribution in [-0.2, 0) is 23.8 Å². The summed E-state index contributed by atoms with van der Waals surface area (Å²) in [6, 6.07) is 0. The molecule has 0 aliphatic heterocycles. The van der Waals surface area contributed by atoms with E-state index >= 15 is 0 Å². The molecule has 65 heavy (non-hydrogen) atoms. The number of anilines is 2. The maximum absolute atomic E-state index is 13.8. The van der Waals surface area contributed by atoms with Crippen LogP contribution in [0.1, 0.15) is 69.1 Å². The highest BCUT2D eigenvalue weighted by Gasteiger charge is 2.34. The number of likely N-dealkylation sites (N-methyl/N-ethyl adjacent to an activating group) is 2. The Hall–Kier alpha value is -0.720. The van der Waals surface area contributed by atoms with E-state index in [1.807, 2.05) is 136 Å². The quantitative estimate of drug-likeness (QED) is 0.0407.